The Morgan fingerprint density at radius 3 is 2.50 bits per heavy atom. The summed E-state index contributed by atoms with van der Waals surface area (Å²) < 4.78 is 0. The Bertz CT molecular complexity index is 308. The zero-order chi connectivity index (χ0) is 11.8. The Hall–Kier alpha value is -1.14. The van der Waals surface area contributed by atoms with Gasteiger partial charge in [-0.2, -0.15) is 0 Å². The molecule has 0 radical (unpaired) electrons. The van der Waals surface area contributed by atoms with E-state index in [1.807, 2.05) is 4.90 Å². The van der Waals surface area contributed by atoms with Crippen molar-refractivity contribution in [3.8, 4) is 0 Å². The van der Waals surface area contributed by atoms with Gasteiger partial charge in [-0.05, 0) is 18.8 Å². The molecule has 6 nitrogen and oxygen atoms in total. The monoisotopic (exact) mass is 227 g/mol. The number of likely N-dealkylation sites (tertiary alicyclic amines) is 1. The Morgan fingerprint density at radius 1 is 1.38 bits per heavy atom. The van der Waals surface area contributed by atoms with Crippen molar-refractivity contribution in [1.29, 1.82) is 0 Å². The summed E-state index contributed by atoms with van der Waals surface area (Å²) in [7, 11) is 0. The minimum atomic E-state index is -0.561. The number of hydrazine groups is 1. The second kappa shape index (κ2) is 4.03. The van der Waals surface area contributed by atoms with Crippen molar-refractivity contribution in [1.82, 2.24) is 15.8 Å². The smallest absolute Gasteiger partial charge is 0.252 e. The van der Waals surface area contributed by atoms with E-state index < -0.39 is 5.60 Å². The number of rotatable bonds is 3. The summed E-state index contributed by atoms with van der Waals surface area (Å²) in [5.74, 6) is -0.123. The maximum atomic E-state index is 11.3. The number of hydrogen-bond donors (Lipinski definition) is 3. The van der Waals surface area contributed by atoms with E-state index in [0.29, 0.717) is 19.0 Å². The van der Waals surface area contributed by atoms with E-state index in [9.17, 15) is 14.7 Å². The lowest BCUT2D eigenvalue weighted by molar-refractivity contribution is -0.139. The molecule has 0 aromatic rings. The first-order valence-corrected chi connectivity index (χ1v) is 5.50. The predicted octanol–water partition coefficient (Wildman–Crippen LogP) is -1.39. The van der Waals surface area contributed by atoms with Crippen LogP contribution in [-0.4, -0.2) is 47.1 Å². The van der Waals surface area contributed by atoms with Crippen LogP contribution in [0.1, 0.15) is 19.8 Å². The second-order valence-electron chi connectivity index (χ2n) is 4.75. The van der Waals surface area contributed by atoms with Crippen LogP contribution < -0.4 is 10.9 Å². The number of aliphatic hydroxyl groups is 1. The molecule has 2 fully saturated rings. The summed E-state index contributed by atoms with van der Waals surface area (Å²) >= 11 is 0. The molecule has 0 spiro atoms. The topological polar surface area (TPSA) is 81.7 Å². The molecule has 0 aromatic carbocycles. The van der Waals surface area contributed by atoms with Crippen molar-refractivity contribution in [3.05, 3.63) is 0 Å². The van der Waals surface area contributed by atoms with E-state index in [2.05, 4.69) is 10.9 Å². The van der Waals surface area contributed by atoms with Gasteiger partial charge in [0.1, 0.15) is 0 Å². The molecule has 16 heavy (non-hydrogen) atoms. The van der Waals surface area contributed by atoms with E-state index in [4.69, 9.17) is 0 Å². The number of carbonyl (C=O) groups is 2. The summed E-state index contributed by atoms with van der Waals surface area (Å²) in [5.41, 5.74) is 3.96. The van der Waals surface area contributed by atoms with Gasteiger partial charge >= 0.3 is 0 Å². The second-order valence-corrected chi connectivity index (χ2v) is 4.75. The minimum absolute atomic E-state index is 0.218. The van der Waals surface area contributed by atoms with Crippen molar-refractivity contribution in [2.75, 3.05) is 19.6 Å². The molecular formula is C10H17N3O3. The molecule has 0 unspecified atom stereocenters. The fourth-order valence-electron chi connectivity index (χ4n) is 2.12. The van der Waals surface area contributed by atoms with Gasteiger partial charge in [-0.25, -0.2) is 0 Å². The van der Waals surface area contributed by atoms with Crippen molar-refractivity contribution in [2.24, 2.45) is 5.92 Å². The van der Waals surface area contributed by atoms with Crippen LogP contribution >= 0.6 is 0 Å². The number of carbonyl (C=O) groups excluding carboxylic acids is 2. The maximum Gasteiger partial charge on any atom is 0.252 e. The first kappa shape index (κ1) is 11.3. The molecule has 0 atom stereocenters. The van der Waals surface area contributed by atoms with Gasteiger partial charge in [-0.3, -0.25) is 25.3 Å². The van der Waals surface area contributed by atoms with Crippen molar-refractivity contribution in [2.45, 2.75) is 25.4 Å². The number of β-amino-alcohol motifs (C(OH)–C–C–N with tert-alkyl or cyclic N) is 1. The Kier molecular flexibility index (Phi) is 2.86. The van der Waals surface area contributed by atoms with E-state index in [0.717, 1.165) is 12.8 Å². The van der Waals surface area contributed by atoms with E-state index in [-0.39, 0.29) is 18.4 Å². The first-order valence-electron chi connectivity index (χ1n) is 5.50. The third-order valence-electron chi connectivity index (χ3n) is 3.08. The largest absolute Gasteiger partial charge is 0.387 e. The standard InChI is InChI=1S/C10H17N3O3/c1-7(14)11-12-9(15)4-13-5-10(16,6-13)8-2-3-8/h8,16H,2-6H2,1H3,(H,11,14)(H,12,15). The van der Waals surface area contributed by atoms with Crippen molar-refractivity contribution < 1.29 is 14.7 Å². The number of nitrogens with zero attached hydrogens (tertiary/aromatic N) is 1. The van der Waals surface area contributed by atoms with Gasteiger partial charge in [0.2, 0.25) is 5.91 Å². The molecule has 3 N–H and O–H groups in total. The van der Waals surface area contributed by atoms with Crippen LogP contribution in [0.5, 0.6) is 0 Å². The molecular weight excluding hydrogens is 210 g/mol. The zero-order valence-electron chi connectivity index (χ0n) is 9.32. The summed E-state index contributed by atoms with van der Waals surface area (Å²) in [6.45, 7) is 2.67. The fourth-order valence-corrected chi connectivity index (χ4v) is 2.12. The third kappa shape index (κ3) is 2.51. The van der Waals surface area contributed by atoms with Crippen LogP contribution in [0.25, 0.3) is 0 Å². The van der Waals surface area contributed by atoms with Gasteiger partial charge in [-0.1, -0.05) is 0 Å². The minimum Gasteiger partial charge on any atom is -0.387 e. The molecule has 0 aromatic heterocycles. The normalized spacial score (nSPS) is 23.4. The van der Waals surface area contributed by atoms with Gasteiger partial charge in [0, 0.05) is 20.0 Å². The van der Waals surface area contributed by atoms with Gasteiger partial charge in [-0.15, -0.1) is 0 Å². The predicted molar refractivity (Wildman–Crippen MR) is 56.1 cm³/mol. The van der Waals surface area contributed by atoms with E-state index >= 15 is 0 Å². The molecule has 2 amide bonds. The van der Waals surface area contributed by atoms with Crippen molar-refractivity contribution in [3.63, 3.8) is 0 Å². The van der Waals surface area contributed by atoms with Crippen LogP contribution in [0.3, 0.4) is 0 Å². The number of nitrogens with one attached hydrogen (secondary N) is 2. The lowest BCUT2D eigenvalue weighted by Crippen LogP contribution is -2.65. The highest BCUT2D eigenvalue weighted by atomic mass is 16.3. The van der Waals surface area contributed by atoms with Crippen molar-refractivity contribution >= 4 is 11.8 Å². The summed E-state index contributed by atoms with van der Waals surface area (Å²) in [5, 5.41) is 10.0. The molecule has 6 heteroatoms. The molecule has 1 saturated carbocycles. The van der Waals surface area contributed by atoms with Crippen LogP contribution in [0, 0.1) is 5.92 Å². The molecule has 1 aliphatic heterocycles. The highest BCUT2D eigenvalue weighted by Crippen LogP contribution is 2.44. The van der Waals surface area contributed by atoms with E-state index in [1.165, 1.54) is 6.92 Å². The Balaban J connectivity index is 1.65. The summed E-state index contributed by atoms with van der Waals surface area (Å²) in [6, 6.07) is 0. The van der Waals surface area contributed by atoms with Gasteiger partial charge in [0.05, 0.1) is 12.1 Å². The highest BCUT2D eigenvalue weighted by Gasteiger charge is 2.51. The SMILES string of the molecule is CC(=O)NNC(=O)CN1CC(O)(C2CC2)C1. The fraction of sp³-hybridized carbons (Fsp3) is 0.800. The Morgan fingerprint density at radius 2 is 2.00 bits per heavy atom. The molecule has 1 aliphatic carbocycles. The van der Waals surface area contributed by atoms with Crippen LogP contribution in [0.4, 0.5) is 0 Å². The summed E-state index contributed by atoms with van der Waals surface area (Å²) in [4.78, 5) is 23.7. The Labute approximate surface area is 94.0 Å². The molecule has 2 aliphatic rings. The van der Waals surface area contributed by atoms with Gasteiger partial charge in [0.15, 0.2) is 0 Å². The van der Waals surface area contributed by atoms with Gasteiger partial charge in [0.25, 0.3) is 5.91 Å². The van der Waals surface area contributed by atoms with E-state index in [1.54, 1.807) is 0 Å². The van der Waals surface area contributed by atoms with Gasteiger partial charge < -0.3 is 5.11 Å². The lowest BCUT2D eigenvalue weighted by atomic mass is 9.89. The van der Waals surface area contributed by atoms with Crippen LogP contribution in [0.2, 0.25) is 0 Å². The average Bonchev–Trinajstić information content (AvgIpc) is 2.95. The number of amides is 2. The zero-order valence-corrected chi connectivity index (χ0v) is 9.32. The first-order chi connectivity index (χ1) is 7.49. The average molecular weight is 227 g/mol. The lowest BCUT2D eigenvalue weighted by Gasteiger charge is -2.46. The molecule has 0 bridgehead atoms. The maximum absolute atomic E-state index is 11.3. The molecule has 90 valence electrons. The molecule has 1 heterocycles. The van der Waals surface area contributed by atoms with Crippen LogP contribution in [-0.2, 0) is 9.59 Å². The highest BCUT2D eigenvalue weighted by molar-refractivity contribution is 5.82. The summed E-state index contributed by atoms with van der Waals surface area (Å²) in [6.07, 6.45) is 2.20. The number of hydrogen-bond acceptors (Lipinski definition) is 4. The molecule has 2 rings (SSSR count). The third-order valence-corrected chi connectivity index (χ3v) is 3.08. The quantitative estimate of drug-likeness (QED) is 0.518. The molecule has 1 saturated heterocycles. The van der Waals surface area contributed by atoms with Crippen LogP contribution in [0.15, 0.2) is 0 Å².